The minimum absolute atomic E-state index is 0.577. The van der Waals surface area contributed by atoms with Gasteiger partial charge in [0.05, 0.1) is 6.33 Å². The van der Waals surface area contributed by atoms with Crippen LogP contribution in [0.3, 0.4) is 0 Å². The van der Waals surface area contributed by atoms with Crippen LogP contribution in [0.1, 0.15) is 0 Å². The summed E-state index contributed by atoms with van der Waals surface area (Å²) < 4.78 is 3.19. The molecule has 0 saturated heterocycles. The summed E-state index contributed by atoms with van der Waals surface area (Å²) in [4.78, 5) is 3.97. The van der Waals surface area contributed by atoms with Gasteiger partial charge in [0.25, 0.3) is 0 Å². The van der Waals surface area contributed by atoms with Crippen LogP contribution in [0.2, 0.25) is 0 Å². The second-order valence-corrected chi connectivity index (χ2v) is 4.53. The highest BCUT2D eigenvalue weighted by atomic mass is 127. The zero-order chi connectivity index (χ0) is 8.10. The molecule has 62 valence electrons. The minimum atomic E-state index is 0.577. The summed E-state index contributed by atoms with van der Waals surface area (Å²) in [5, 5.41) is 0.577. The minimum Gasteiger partial charge on any atom is -0.336 e. The molecule has 2 nitrogen and oxygen atoms in total. The Morgan fingerprint density at radius 3 is 3.00 bits per heavy atom. The topological polar surface area (TPSA) is 17.8 Å². The molecule has 1 rings (SSSR count). The van der Waals surface area contributed by atoms with Gasteiger partial charge in [-0.3, -0.25) is 0 Å². The Hall–Kier alpha value is 0.640. The fraction of sp³-hybridized carbons (Fsp3) is 0.500. The number of aromatic nitrogens is 2. The van der Waals surface area contributed by atoms with Crippen LogP contribution in [0.4, 0.5) is 0 Å². The summed E-state index contributed by atoms with van der Waals surface area (Å²) >= 11 is 6.56. The molecule has 0 spiro atoms. The molecule has 0 amide bonds. The highest BCUT2D eigenvalue weighted by molar-refractivity contribution is 14.1. The van der Waals surface area contributed by atoms with E-state index in [2.05, 4.69) is 43.8 Å². The van der Waals surface area contributed by atoms with Gasteiger partial charge in [-0.15, -0.1) is 11.7 Å². The maximum absolute atomic E-state index is 4.18. The number of halogens is 1. The molecule has 0 aliphatic heterocycles. The van der Waals surface area contributed by atoms with E-state index in [4.69, 9.17) is 0 Å². The van der Waals surface area contributed by atoms with Gasteiger partial charge in [-0.05, 0) is 0 Å². The van der Waals surface area contributed by atoms with Crippen LogP contribution in [-0.4, -0.2) is 19.2 Å². The molecule has 0 aliphatic rings. The van der Waals surface area contributed by atoms with Gasteiger partial charge in [-0.2, -0.15) is 0 Å². The monoisotopic (exact) mass is 300 g/mol. The zero-order valence-corrected chi connectivity index (χ0v) is 9.72. The van der Waals surface area contributed by atoms with E-state index >= 15 is 0 Å². The van der Waals surface area contributed by atoms with Gasteiger partial charge >= 0.3 is 0 Å². The van der Waals surface area contributed by atoms with Gasteiger partial charge in [-0.25, -0.2) is 4.98 Å². The van der Waals surface area contributed by atoms with Gasteiger partial charge in [-0.1, -0.05) is 33.4 Å². The molecule has 1 aromatic heterocycles. The van der Waals surface area contributed by atoms with E-state index in [-0.39, 0.29) is 0 Å². The first-order valence-electron chi connectivity index (χ1n) is 3.18. The van der Waals surface area contributed by atoms with E-state index < -0.39 is 0 Å². The fourth-order valence-electron chi connectivity index (χ4n) is 0.740. The Labute approximate surface area is 89.1 Å². The van der Waals surface area contributed by atoms with Crippen molar-refractivity contribution in [2.24, 2.45) is 0 Å². The number of hydrogen-bond acceptors (Lipinski definition) is 3. The second kappa shape index (κ2) is 5.31. The lowest BCUT2D eigenvalue weighted by Gasteiger charge is -2.09. The average Bonchev–Trinajstić information content (AvgIpc) is 2.52. The third-order valence-corrected chi connectivity index (χ3v) is 4.46. The van der Waals surface area contributed by atoms with E-state index in [9.17, 15) is 0 Å². The zero-order valence-electron chi connectivity index (χ0n) is 5.85. The van der Waals surface area contributed by atoms with Crippen LogP contribution >= 0.6 is 45.0 Å². The van der Waals surface area contributed by atoms with Crippen LogP contribution in [0, 0.1) is 0 Å². The standard InChI is InChI=1S/C6H9IN2S2/c7-3-6(11-10)4-9-2-1-8-5-9/h1-2,5-6,10H,3-4H2. The average molecular weight is 300 g/mol. The lowest BCUT2D eigenvalue weighted by atomic mass is 10.5. The first-order valence-corrected chi connectivity index (χ1v) is 6.64. The van der Waals surface area contributed by atoms with Crippen molar-refractivity contribution < 1.29 is 0 Å². The van der Waals surface area contributed by atoms with E-state index in [0.717, 1.165) is 11.0 Å². The van der Waals surface area contributed by atoms with Gasteiger partial charge in [0, 0.05) is 28.6 Å². The van der Waals surface area contributed by atoms with Crippen LogP contribution in [0.25, 0.3) is 0 Å². The van der Waals surface area contributed by atoms with Gasteiger partial charge in [0.15, 0.2) is 0 Å². The molecular weight excluding hydrogens is 291 g/mol. The Morgan fingerprint density at radius 2 is 2.55 bits per heavy atom. The third kappa shape index (κ3) is 3.25. The Balaban J connectivity index is 2.41. The Bertz CT molecular complexity index is 186. The van der Waals surface area contributed by atoms with Crippen molar-refractivity contribution in [3.8, 4) is 0 Å². The van der Waals surface area contributed by atoms with E-state index in [1.165, 1.54) is 0 Å². The van der Waals surface area contributed by atoms with Crippen molar-refractivity contribution in [1.82, 2.24) is 9.55 Å². The summed E-state index contributed by atoms with van der Waals surface area (Å²) in [5.41, 5.74) is 0. The third-order valence-electron chi connectivity index (χ3n) is 1.29. The number of alkyl halides is 1. The molecule has 0 fully saturated rings. The molecular formula is C6H9IN2S2. The maximum atomic E-state index is 4.18. The molecule has 1 heterocycles. The van der Waals surface area contributed by atoms with E-state index in [1.54, 1.807) is 17.0 Å². The molecule has 11 heavy (non-hydrogen) atoms. The highest BCUT2D eigenvalue weighted by Crippen LogP contribution is 2.18. The first kappa shape index (κ1) is 9.73. The molecule has 0 aromatic carbocycles. The van der Waals surface area contributed by atoms with Crippen molar-refractivity contribution >= 4 is 45.0 Å². The van der Waals surface area contributed by atoms with Crippen LogP contribution < -0.4 is 0 Å². The maximum Gasteiger partial charge on any atom is 0.0946 e. The highest BCUT2D eigenvalue weighted by Gasteiger charge is 2.05. The molecule has 1 unspecified atom stereocenters. The molecule has 0 bridgehead atoms. The molecule has 5 heteroatoms. The summed E-state index contributed by atoms with van der Waals surface area (Å²) in [7, 11) is 1.61. The normalized spacial score (nSPS) is 13.3. The van der Waals surface area contributed by atoms with Crippen molar-refractivity contribution in [1.29, 1.82) is 0 Å². The quantitative estimate of drug-likeness (QED) is 0.398. The van der Waals surface area contributed by atoms with Crippen molar-refractivity contribution in [2.75, 3.05) is 4.43 Å². The molecule has 0 radical (unpaired) electrons. The molecule has 1 atom stereocenters. The Morgan fingerprint density at radius 1 is 1.73 bits per heavy atom. The SMILES string of the molecule is SSC(CI)Cn1ccnc1. The van der Waals surface area contributed by atoms with Crippen molar-refractivity contribution in [3.05, 3.63) is 18.7 Å². The van der Waals surface area contributed by atoms with E-state index in [0.29, 0.717) is 5.25 Å². The van der Waals surface area contributed by atoms with Crippen LogP contribution in [0.5, 0.6) is 0 Å². The number of hydrogen-bond donors (Lipinski definition) is 1. The number of nitrogens with zero attached hydrogens (tertiary/aromatic N) is 2. The molecule has 0 aliphatic carbocycles. The lowest BCUT2D eigenvalue weighted by molar-refractivity contribution is 0.702. The molecule has 0 saturated carbocycles. The predicted octanol–water partition coefficient (Wildman–Crippen LogP) is 2.26. The number of imidazole rings is 1. The fourth-order valence-corrected chi connectivity index (χ4v) is 3.13. The molecule has 1 aromatic rings. The summed E-state index contributed by atoms with van der Waals surface area (Å²) in [5.74, 6) is 0. The van der Waals surface area contributed by atoms with Gasteiger partial charge in [0.2, 0.25) is 0 Å². The summed E-state index contributed by atoms with van der Waals surface area (Å²) in [6, 6.07) is 0. The first-order chi connectivity index (χ1) is 5.36. The second-order valence-electron chi connectivity index (χ2n) is 2.14. The van der Waals surface area contributed by atoms with Crippen LogP contribution in [-0.2, 0) is 6.54 Å². The molecule has 0 N–H and O–H groups in total. The van der Waals surface area contributed by atoms with Crippen molar-refractivity contribution in [2.45, 2.75) is 11.8 Å². The smallest absolute Gasteiger partial charge is 0.0946 e. The Kier molecular flexibility index (Phi) is 4.70. The van der Waals surface area contributed by atoms with E-state index in [1.807, 2.05) is 12.5 Å². The summed E-state index contributed by atoms with van der Waals surface area (Å²) in [6.45, 7) is 0.997. The van der Waals surface area contributed by atoms with Gasteiger partial charge < -0.3 is 4.57 Å². The van der Waals surface area contributed by atoms with Gasteiger partial charge in [0.1, 0.15) is 0 Å². The predicted molar refractivity (Wildman–Crippen MR) is 61.5 cm³/mol. The summed E-state index contributed by atoms with van der Waals surface area (Å²) in [6.07, 6.45) is 5.61. The largest absolute Gasteiger partial charge is 0.336 e. The van der Waals surface area contributed by atoms with Crippen LogP contribution in [0.15, 0.2) is 18.7 Å². The van der Waals surface area contributed by atoms with Crippen molar-refractivity contribution in [3.63, 3.8) is 0 Å². The number of rotatable bonds is 4. The lowest BCUT2D eigenvalue weighted by Crippen LogP contribution is -2.11. The number of thiol groups is 1.